The summed E-state index contributed by atoms with van der Waals surface area (Å²) in [5.41, 5.74) is 2.99. The van der Waals surface area contributed by atoms with E-state index < -0.39 is 0 Å². The van der Waals surface area contributed by atoms with Crippen molar-refractivity contribution in [3.05, 3.63) is 35.4 Å². The molecule has 0 aromatic heterocycles. The predicted octanol–water partition coefficient (Wildman–Crippen LogP) is 1.98. The van der Waals surface area contributed by atoms with Crippen molar-refractivity contribution in [2.75, 3.05) is 27.3 Å². The summed E-state index contributed by atoms with van der Waals surface area (Å²) in [7, 11) is 3.88. The van der Waals surface area contributed by atoms with Gasteiger partial charge in [0.15, 0.2) is 0 Å². The molecule has 0 radical (unpaired) electrons. The van der Waals surface area contributed by atoms with Gasteiger partial charge in [-0.1, -0.05) is 24.3 Å². The van der Waals surface area contributed by atoms with Crippen molar-refractivity contribution in [1.29, 1.82) is 0 Å². The molecule has 3 nitrogen and oxygen atoms in total. The second-order valence-electron chi connectivity index (χ2n) is 5.70. The maximum Gasteiger partial charge on any atom is 0.0589 e. The van der Waals surface area contributed by atoms with Crippen LogP contribution in [0.2, 0.25) is 0 Å². The van der Waals surface area contributed by atoms with Crippen LogP contribution in [0, 0.1) is 0 Å². The molecule has 2 aliphatic carbocycles. The fraction of sp³-hybridized carbons (Fsp3) is 0.625. The number of likely N-dealkylation sites (N-methyl/N-ethyl adjacent to an activating group) is 1. The third-order valence-electron chi connectivity index (χ3n) is 4.51. The zero-order valence-electron chi connectivity index (χ0n) is 11.9. The third kappa shape index (κ3) is 2.55. The highest BCUT2D eigenvalue weighted by Gasteiger charge is 2.41. The van der Waals surface area contributed by atoms with E-state index in [2.05, 4.69) is 41.5 Å². The van der Waals surface area contributed by atoms with E-state index >= 15 is 0 Å². The maximum atomic E-state index is 5.29. The molecule has 2 unspecified atom stereocenters. The molecule has 3 heteroatoms. The predicted molar refractivity (Wildman–Crippen MR) is 77.3 cm³/mol. The largest absolute Gasteiger partial charge is 0.383 e. The molecule has 0 heterocycles. The van der Waals surface area contributed by atoms with Crippen LogP contribution in [0.5, 0.6) is 0 Å². The highest BCUT2D eigenvalue weighted by molar-refractivity contribution is 5.37. The van der Waals surface area contributed by atoms with Crippen molar-refractivity contribution in [2.45, 2.75) is 37.4 Å². The zero-order valence-corrected chi connectivity index (χ0v) is 11.9. The average molecular weight is 260 g/mol. The molecular weight excluding hydrogens is 236 g/mol. The minimum absolute atomic E-state index is 0.466. The van der Waals surface area contributed by atoms with Crippen molar-refractivity contribution >= 4 is 0 Å². The summed E-state index contributed by atoms with van der Waals surface area (Å²) in [6.07, 6.45) is 3.88. The van der Waals surface area contributed by atoms with Gasteiger partial charge in [-0.25, -0.2) is 0 Å². The summed E-state index contributed by atoms with van der Waals surface area (Å²) in [4.78, 5) is 2.67. The lowest BCUT2D eigenvalue weighted by molar-refractivity contribution is 0.102. The molecule has 3 rings (SSSR count). The molecule has 0 amide bonds. The van der Waals surface area contributed by atoms with Crippen molar-refractivity contribution in [1.82, 2.24) is 10.2 Å². The number of fused-ring (bicyclic) bond motifs is 1. The molecule has 1 saturated carbocycles. The lowest BCUT2D eigenvalue weighted by atomic mass is 10.1. The van der Waals surface area contributed by atoms with E-state index in [1.807, 2.05) is 0 Å². The summed E-state index contributed by atoms with van der Waals surface area (Å²) < 4.78 is 5.29. The van der Waals surface area contributed by atoms with Crippen molar-refractivity contribution in [2.24, 2.45) is 0 Å². The van der Waals surface area contributed by atoms with Crippen LogP contribution in [0.3, 0.4) is 0 Å². The number of nitrogens with one attached hydrogen (secondary N) is 1. The van der Waals surface area contributed by atoms with Crippen LogP contribution in [0.25, 0.3) is 0 Å². The number of rotatable bonds is 6. The smallest absolute Gasteiger partial charge is 0.0589 e. The SMILES string of the molecule is CNC1c2ccccc2CC1N(CCOC)C1CC1. The fourth-order valence-electron chi connectivity index (χ4n) is 3.45. The summed E-state index contributed by atoms with van der Waals surface area (Å²) in [6, 6.07) is 10.7. The molecule has 1 fully saturated rings. The Bertz CT molecular complexity index is 431. The molecule has 1 aromatic carbocycles. The minimum atomic E-state index is 0.466. The molecule has 0 bridgehead atoms. The normalized spacial score (nSPS) is 25.8. The van der Waals surface area contributed by atoms with Crippen LogP contribution in [-0.2, 0) is 11.2 Å². The molecule has 2 atom stereocenters. The second-order valence-corrected chi connectivity index (χ2v) is 5.70. The lowest BCUT2D eigenvalue weighted by Gasteiger charge is -2.33. The van der Waals surface area contributed by atoms with E-state index in [9.17, 15) is 0 Å². The van der Waals surface area contributed by atoms with Crippen molar-refractivity contribution in [3.8, 4) is 0 Å². The first kappa shape index (κ1) is 13.1. The Morgan fingerprint density at radius 1 is 1.32 bits per heavy atom. The van der Waals surface area contributed by atoms with E-state index in [0.29, 0.717) is 12.1 Å². The highest BCUT2D eigenvalue weighted by atomic mass is 16.5. The second kappa shape index (κ2) is 5.61. The third-order valence-corrected chi connectivity index (χ3v) is 4.51. The standard InChI is InChI=1S/C16H24N2O/c1-17-16-14-6-4-3-5-12(14)11-15(16)18(9-10-19-2)13-7-8-13/h3-6,13,15-17H,7-11H2,1-2H3. The number of hydrogen-bond acceptors (Lipinski definition) is 3. The van der Waals surface area contributed by atoms with Gasteiger partial charge < -0.3 is 10.1 Å². The Labute approximate surface area is 115 Å². The highest BCUT2D eigenvalue weighted by Crippen LogP contribution is 2.39. The van der Waals surface area contributed by atoms with Crippen LogP contribution in [0.4, 0.5) is 0 Å². The van der Waals surface area contributed by atoms with E-state index in [-0.39, 0.29) is 0 Å². The van der Waals surface area contributed by atoms with Crippen LogP contribution in [0.15, 0.2) is 24.3 Å². The van der Waals surface area contributed by atoms with Crippen LogP contribution in [0.1, 0.15) is 30.0 Å². The molecule has 1 aromatic rings. The number of benzene rings is 1. The summed E-state index contributed by atoms with van der Waals surface area (Å²) >= 11 is 0. The van der Waals surface area contributed by atoms with Crippen LogP contribution in [-0.4, -0.2) is 44.3 Å². The Kier molecular flexibility index (Phi) is 3.87. The van der Waals surface area contributed by atoms with Gasteiger partial charge in [-0.2, -0.15) is 0 Å². The minimum Gasteiger partial charge on any atom is -0.383 e. The van der Waals surface area contributed by atoms with Crippen LogP contribution >= 0.6 is 0 Å². The Morgan fingerprint density at radius 2 is 2.11 bits per heavy atom. The van der Waals surface area contributed by atoms with Gasteiger partial charge in [0.1, 0.15) is 0 Å². The molecule has 104 valence electrons. The molecular formula is C16H24N2O. The van der Waals surface area contributed by atoms with Crippen molar-refractivity contribution in [3.63, 3.8) is 0 Å². The van der Waals surface area contributed by atoms with Gasteiger partial charge in [-0.3, -0.25) is 4.90 Å². The first-order valence-corrected chi connectivity index (χ1v) is 7.35. The Hall–Kier alpha value is -0.900. The molecule has 2 aliphatic rings. The number of nitrogens with zero attached hydrogens (tertiary/aromatic N) is 1. The monoisotopic (exact) mass is 260 g/mol. The van der Waals surface area contributed by atoms with Gasteiger partial charge in [0.05, 0.1) is 6.61 Å². The first-order valence-electron chi connectivity index (χ1n) is 7.35. The summed E-state index contributed by atoms with van der Waals surface area (Å²) in [6.45, 7) is 1.89. The number of methoxy groups -OCH3 is 1. The first-order chi connectivity index (χ1) is 9.35. The summed E-state index contributed by atoms with van der Waals surface area (Å²) in [5, 5.41) is 3.53. The lowest BCUT2D eigenvalue weighted by Crippen LogP contribution is -2.45. The number of hydrogen-bond donors (Lipinski definition) is 1. The molecule has 1 N–H and O–H groups in total. The van der Waals surface area contributed by atoms with Gasteiger partial charge >= 0.3 is 0 Å². The Balaban J connectivity index is 1.80. The quantitative estimate of drug-likeness (QED) is 0.846. The van der Waals surface area contributed by atoms with Gasteiger partial charge in [-0.15, -0.1) is 0 Å². The number of ether oxygens (including phenoxy) is 1. The topological polar surface area (TPSA) is 24.5 Å². The van der Waals surface area contributed by atoms with E-state index in [4.69, 9.17) is 4.74 Å². The van der Waals surface area contributed by atoms with Gasteiger partial charge in [0.25, 0.3) is 0 Å². The van der Waals surface area contributed by atoms with Gasteiger partial charge in [0.2, 0.25) is 0 Å². The van der Waals surface area contributed by atoms with Gasteiger partial charge in [0, 0.05) is 31.8 Å². The summed E-state index contributed by atoms with van der Waals surface area (Å²) in [5.74, 6) is 0. The average Bonchev–Trinajstić information content (AvgIpc) is 3.20. The molecule has 0 spiro atoms. The Morgan fingerprint density at radius 3 is 2.79 bits per heavy atom. The zero-order chi connectivity index (χ0) is 13.2. The van der Waals surface area contributed by atoms with E-state index in [1.54, 1.807) is 7.11 Å². The maximum absolute atomic E-state index is 5.29. The molecule has 0 saturated heterocycles. The molecule has 0 aliphatic heterocycles. The molecule has 19 heavy (non-hydrogen) atoms. The van der Waals surface area contributed by atoms with Crippen LogP contribution < -0.4 is 5.32 Å². The van der Waals surface area contributed by atoms with E-state index in [0.717, 1.165) is 19.2 Å². The fourth-order valence-corrected chi connectivity index (χ4v) is 3.45. The van der Waals surface area contributed by atoms with Crippen molar-refractivity contribution < 1.29 is 4.74 Å². The van der Waals surface area contributed by atoms with Gasteiger partial charge in [-0.05, 0) is 37.4 Å². The van der Waals surface area contributed by atoms with E-state index in [1.165, 1.54) is 30.4 Å².